The van der Waals surface area contributed by atoms with Gasteiger partial charge in [0.1, 0.15) is 5.82 Å². The number of aromatic nitrogens is 1. The lowest BCUT2D eigenvalue weighted by Gasteiger charge is -2.31. The molecule has 0 atom stereocenters. The quantitative estimate of drug-likeness (QED) is 0.804. The Morgan fingerprint density at radius 3 is 2.88 bits per heavy atom. The summed E-state index contributed by atoms with van der Waals surface area (Å²) in [5.74, 6) is 0.0587. The predicted octanol–water partition coefficient (Wildman–Crippen LogP) is 1.07. The van der Waals surface area contributed by atoms with Crippen LogP contribution in [0.25, 0.3) is 0 Å². The van der Waals surface area contributed by atoms with Gasteiger partial charge in [-0.05, 0) is 19.9 Å². The largest absolute Gasteiger partial charge is 0.372 e. The van der Waals surface area contributed by atoms with Crippen LogP contribution in [0, 0.1) is 0 Å². The molecule has 0 aromatic carbocycles. The van der Waals surface area contributed by atoms with Crippen molar-refractivity contribution >= 4 is 11.7 Å². The van der Waals surface area contributed by atoms with Crippen LogP contribution in [0.5, 0.6) is 0 Å². The first kappa shape index (κ1) is 11.9. The number of hydrogen-bond acceptors (Lipinski definition) is 4. The van der Waals surface area contributed by atoms with Gasteiger partial charge in [-0.3, -0.25) is 4.79 Å². The zero-order valence-electron chi connectivity index (χ0n) is 10.3. The molecule has 0 saturated carbocycles. The van der Waals surface area contributed by atoms with Gasteiger partial charge in [0.25, 0.3) is 5.91 Å². The maximum atomic E-state index is 11.3. The molecule has 0 spiro atoms. The topological polar surface area (TPSA) is 77.2 Å². The number of hydrogen-bond donors (Lipinski definition) is 2. The van der Waals surface area contributed by atoms with Crippen molar-refractivity contribution in [3.8, 4) is 0 Å². The lowest BCUT2D eigenvalue weighted by molar-refractivity contribution is -0.0412. The molecule has 17 heavy (non-hydrogen) atoms. The van der Waals surface area contributed by atoms with E-state index < -0.39 is 5.91 Å². The van der Waals surface area contributed by atoms with Crippen molar-refractivity contribution in [2.45, 2.75) is 32.5 Å². The molecule has 3 N–H and O–H groups in total. The van der Waals surface area contributed by atoms with Gasteiger partial charge in [-0.2, -0.15) is 0 Å². The molecule has 1 aromatic heterocycles. The highest BCUT2D eigenvalue weighted by Crippen LogP contribution is 2.29. The van der Waals surface area contributed by atoms with E-state index in [0.29, 0.717) is 18.0 Å². The van der Waals surface area contributed by atoms with E-state index in [-0.39, 0.29) is 5.60 Å². The van der Waals surface area contributed by atoms with E-state index in [1.165, 1.54) is 0 Å². The minimum absolute atomic E-state index is 0.209. The Kier molecular flexibility index (Phi) is 2.79. The summed E-state index contributed by atoms with van der Waals surface area (Å²) in [5, 5.41) is 2.90. The second-order valence-electron chi connectivity index (χ2n) is 4.83. The third kappa shape index (κ3) is 2.24. The smallest absolute Gasteiger partial charge is 0.252 e. The number of ether oxygens (including phenoxy) is 1. The summed E-state index contributed by atoms with van der Waals surface area (Å²) in [5.41, 5.74) is 7.43. The SMILES string of the molecule is CNc1nc2c(cc1C(N)=O)COC(C)(C)C2. The molecule has 1 amide bonds. The Balaban J connectivity index is 2.48. The number of nitrogens with one attached hydrogen (secondary N) is 1. The predicted molar refractivity (Wildman–Crippen MR) is 64.9 cm³/mol. The molecular formula is C12H17N3O2. The Labute approximate surface area is 100 Å². The molecule has 5 heteroatoms. The van der Waals surface area contributed by atoms with Gasteiger partial charge in [-0.1, -0.05) is 0 Å². The molecule has 2 heterocycles. The number of fused-ring (bicyclic) bond motifs is 1. The normalized spacial score (nSPS) is 17.4. The van der Waals surface area contributed by atoms with Crippen LogP contribution < -0.4 is 11.1 Å². The van der Waals surface area contributed by atoms with Crippen LogP contribution in [0.4, 0.5) is 5.82 Å². The van der Waals surface area contributed by atoms with Crippen LogP contribution in [0.15, 0.2) is 6.07 Å². The first-order valence-corrected chi connectivity index (χ1v) is 5.57. The van der Waals surface area contributed by atoms with Gasteiger partial charge in [-0.15, -0.1) is 0 Å². The molecule has 1 aromatic rings. The average Bonchev–Trinajstić information content (AvgIpc) is 2.25. The Bertz CT molecular complexity index is 469. The molecule has 0 aliphatic carbocycles. The van der Waals surface area contributed by atoms with Crippen LogP contribution in [0.1, 0.15) is 35.5 Å². The summed E-state index contributed by atoms with van der Waals surface area (Å²) in [4.78, 5) is 15.8. The lowest BCUT2D eigenvalue weighted by atomic mass is 9.95. The van der Waals surface area contributed by atoms with Crippen molar-refractivity contribution in [1.82, 2.24) is 4.98 Å². The minimum Gasteiger partial charge on any atom is -0.372 e. The highest BCUT2D eigenvalue weighted by atomic mass is 16.5. The van der Waals surface area contributed by atoms with Crippen molar-refractivity contribution in [3.63, 3.8) is 0 Å². The highest BCUT2D eigenvalue weighted by Gasteiger charge is 2.28. The number of amides is 1. The van der Waals surface area contributed by atoms with Crippen molar-refractivity contribution in [2.24, 2.45) is 5.73 Å². The number of primary amides is 1. The molecule has 0 saturated heterocycles. The summed E-state index contributed by atoms with van der Waals surface area (Å²) in [6, 6.07) is 1.77. The Morgan fingerprint density at radius 1 is 1.59 bits per heavy atom. The van der Waals surface area contributed by atoms with Crippen LogP contribution >= 0.6 is 0 Å². The van der Waals surface area contributed by atoms with Gasteiger partial charge in [0.15, 0.2) is 0 Å². The van der Waals surface area contributed by atoms with Crippen molar-refractivity contribution in [1.29, 1.82) is 0 Å². The molecule has 1 aliphatic rings. The van der Waals surface area contributed by atoms with E-state index in [1.807, 2.05) is 13.8 Å². The maximum Gasteiger partial charge on any atom is 0.252 e. The number of carbonyl (C=O) groups is 1. The molecule has 0 radical (unpaired) electrons. The van der Waals surface area contributed by atoms with Gasteiger partial charge < -0.3 is 15.8 Å². The Hall–Kier alpha value is -1.62. The third-order valence-corrected chi connectivity index (χ3v) is 2.90. The van der Waals surface area contributed by atoms with E-state index in [0.717, 1.165) is 17.7 Å². The summed E-state index contributed by atoms with van der Waals surface area (Å²) in [7, 11) is 1.73. The van der Waals surface area contributed by atoms with Gasteiger partial charge >= 0.3 is 0 Å². The molecule has 2 rings (SSSR count). The second-order valence-corrected chi connectivity index (χ2v) is 4.83. The fourth-order valence-corrected chi connectivity index (χ4v) is 1.98. The Morgan fingerprint density at radius 2 is 2.29 bits per heavy atom. The number of anilines is 1. The monoisotopic (exact) mass is 235 g/mol. The number of carbonyl (C=O) groups excluding carboxylic acids is 1. The van der Waals surface area contributed by atoms with Crippen LogP contribution in [-0.4, -0.2) is 23.5 Å². The van der Waals surface area contributed by atoms with E-state index >= 15 is 0 Å². The van der Waals surface area contributed by atoms with Gasteiger partial charge in [0.05, 0.1) is 23.5 Å². The van der Waals surface area contributed by atoms with Crippen molar-refractivity contribution in [3.05, 3.63) is 22.9 Å². The second kappa shape index (κ2) is 4.00. The van der Waals surface area contributed by atoms with Crippen LogP contribution in [0.3, 0.4) is 0 Å². The van der Waals surface area contributed by atoms with Gasteiger partial charge in [0.2, 0.25) is 0 Å². The molecule has 92 valence electrons. The first-order chi connectivity index (χ1) is 7.93. The summed E-state index contributed by atoms with van der Waals surface area (Å²) >= 11 is 0. The fourth-order valence-electron chi connectivity index (χ4n) is 1.98. The van der Waals surface area contributed by atoms with E-state index in [4.69, 9.17) is 10.5 Å². The number of nitrogens with two attached hydrogens (primary N) is 1. The summed E-state index contributed by atoms with van der Waals surface area (Å²) in [6.07, 6.45) is 0.732. The zero-order chi connectivity index (χ0) is 12.6. The number of nitrogens with zero attached hydrogens (tertiary/aromatic N) is 1. The fraction of sp³-hybridized carbons (Fsp3) is 0.500. The third-order valence-electron chi connectivity index (χ3n) is 2.90. The zero-order valence-corrected chi connectivity index (χ0v) is 10.3. The van der Waals surface area contributed by atoms with Crippen molar-refractivity contribution < 1.29 is 9.53 Å². The highest BCUT2D eigenvalue weighted by molar-refractivity contribution is 5.97. The van der Waals surface area contributed by atoms with Crippen molar-refractivity contribution in [2.75, 3.05) is 12.4 Å². The van der Waals surface area contributed by atoms with E-state index in [9.17, 15) is 4.79 Å². The van der Waals surface area contributed by atoms with Crippen LogP contribution in [0.2, 0.25) is 0 Å². The van der Waals surface area contributed by atoms with Gasteiger partial charge in [-0.25, -0.2) is 4.98 Å². The van der Waals surface area contributed by atoms with Gasteiger partial charge in [0, 0.05) is 19.0 Å². The van der Waals surface area contributed by atoms with Crippen LogP contribution in [-0.2, 0) is 17.8 Å². The number of pyridine rings is 1. The summed E-state index contributed by atoms with van der Waals surface area (Å²) < 4.78 is 5.69. The standard InChI is InChI=1S/C12H17N3O2/c1-12(2)5-9-7(6-17-12)4-8(10(13)16)11(14-3)15-9/h4H,5-6H2,1-3H3,(H2,13,16)(H,14,15). The van der Waals surface area contributed by atoms with E-state index in [2.05, 4.69) is 10.3 Å². The molecule has 0 fully saturated rings. The molecule has 0 bridgehead atoms. The minimum atomic E-state index is -0.477. The maximum absolute atomic E-state index is 11.3. The number of rotatable bonds is 2. The molecular weight excluding hydrogens is 218 g/mol. The molecule has 1 aliphatic heterocycles. The molecule has 5 nitrogen and oxygen atoms in total. The summed E-state index contributed by atoms with van der Waals surface area (Å²) in [6.45, 7) is 4.52. The van der Waals surface area contributed by atoms with E-state index in [1.54, 1.807) is 13.1 Å². The first-order valence-electron chi connectivity index (χ1n) is 5.57. The average molecular weight is 235 g/mol. The molecule has 0 unspecified atom stereocenters. The lowest BCUT2D eigenvalue weighted by Crippen LogP contribution is -2.33.